The fourth-order valence-electron chi connectivity index (χ4n) is 3.05. The van der Waals surface area contributed by atoms with Gasteiger partial charge >= 0.3 is 0 Å². The fraction of sp³-hybridized carbons (Fsp3) is 0.235. The molecule has 21 heavy (non-hydrogen) atoms. The van der Waals surface area contributed by atoms with Gasteiger partial charge in [0.15, 0.2) is 5.65 Å². The molecule has 0 unspecified atom stereocenters. The van der Waals surface area contributed by atoms with Crippen molar-refractivity contribution in [3.8, 4) is 0 Å². The van der Waals surface area contributed by atoms with E-state index in [1.807, 2.05) is 12.1 Å². The van der Waals surface area contributed by atoms with Crippen LogP contribution in [0.4, 0.5) is 0 Å². The lowest BCUT2D eigenvalue weighted by Gasteiger charge is -2.26. The molecule has 0 aliphatic carbocycles. The van der Waals surface area contributed by atoms with Crippen LogP contribution in [-0.4, -0.2) is 20.8 Å². The molecule has 4 heteroatoms. The van der Waals surface area contributed by atoms with Crippen LogP contribution < -0.4 is 0 Å². The third-order valence-electron chi connectivity index (χ3n) is 4.07. The topological polar surface area (TPSA) is 20.5 Å². The second-order valence-electron chi connectivity index (χ2n) is 5.50. The highest BCUT2D eigenvalue weighted by molar-refractivity contribution is 6.33. The summed E-state index contributed by atoms with van der Waals surface area (Å²) in [5.74, 6) is 0. The first-order valence-corrected chi connectivity index (χ1v) is 7.59. The molecule has 0 atom stereocenters. The Morgan fingerprint density at radius 1 is 1.10 bits per heavy atom. The van der Waals surface area contributed by atoms with Gasteiger partial charge in [0.1, 0.15) is 0 Å². The number of pyridine rings is 1. The highest BCUT2D eigenvalue weighted by atomic mass is 35.5. The van der Waals surface area contributed by atoms with Crippen LogP contribution in [0.5, 0.6) is 0 Å². The molecule has 0 amide bonds. The number of benzene rings is 1. The van der Waals surface area contributed by atoms with E-state index >= 15 is 0 Å². The average molecular weight is 298 g/mol. The molecule has 106 valence electrons. The Balaban J connectivity index is 1.63. The van der Waals surface area contributed by atoms with E-state index in [1.54, 1.807) is 0 Å². The van der Waals surface area contributed by atoms with Crippen LogP contribution in [0.2, 0.25) is 5.02 Å². The molecule has 3 nitrogen and oxygen atoms in total. The summed E-state index contributed by atoms with van der Waals surface area (Å²) in [5.41, 5.74) is 4.69. The maximum Gasteiger partial charge on any atom is 0.156 e. The van der Waals surface area contributed by atoms with E-state index in [4.69, 9.17) is 16.6 Å². The fourth-order valence-corrected chi connectivity index (χ4v) is 3.26. The van der Waals surface area contributed by atoms with Crippen molar-refractivity contribution in [3.05, 3.63) is 70.6 Å². The monoisotopic (exact) mass is 297 g/mol. The summed E-state index contributed by atoms with van der Waals surface area (Å²) in [7, 11) is 0. The zero-order valence-electron chi connectivity index (χ0n) is 11.7. The predicted octanol–water partition coefficient (Wildman–Crippen LogP) is 3.55. The summed E-state index contributed by atoms with van der Waals surface area (Å²) in [6.07, 6.45) is 3.07. The van der Waals surface area contributed by atoms with Crippen LogP contribution in [0.1, 0.15) is 17.0 Å². The van der Waals surface area contributed by atoms with Gasteiger partial charge in [0.05, 0.1) is 10.7 Å². The Bertz CT molecular complexity index is 779. The van der Waals surface area contributed by atoms with Crippen LogP contribution >= 0.6 is 11.6 Å². The van der Waals surface area contributed by atoms with Gasteiger partial charge in [0.25, 0.3) is 0 Å². The minimum Gasteiger partial charge on any atom is -0.302 e. The molecule has 1 aromatic carbocycles. The van der Waals surface area contributed by atoms with Crippen LogP contribution in [0.25, 0.3) is 5.65 Å². The molecule has 0 fully saturated rings. The van der Waals surface area contributed by atoms with Crippen molar-refractivity contribution in [2.45, 2.75) is 19.5 Å². The highest BCUT2D eigenvalue weighted by Gasteiger charge is 2.22. The first-order chi connectivity index (χ1) is 10.3. The maximum atomic E-state index is 6.25. The summed E-state index contributed by atoms with van der Waals surface area (Å²) in [6, 6.07) is 14.5. The molecule has 3 aromatic rings. The predicted molar refractivity (Wildman–Crippen MR) is 84.5 cm³/mol. The standard InChI is InChI=1S/C17H16ClN3/c18-14-7-4-9-21-16-8-10-20(12-15(16)19-17(14)21)11-13-5-2-1-3-6-13/h1-7,9H,8,10-12H2. The van der Waals surface area contributed by atoms with E-state index in [0.717, 1.165) is 42.4 Å². The Labute approximate surface area is 128 Å². The van der Waals surface area contributed by atoms with Crippen LogP contribution in [0.3, 0.4) is 0 Å². The van der Waals surface area contributed by atoms with Crippen LogP contribution in [0.15, 0.2) is 48.7 Å². The lowest BCUT2D eigenvalue weighted by molar-refractivity contribution is 0.241. The molecule has 0 spiro atoms. The highest BCUT2D eigenvalue weighted by Crippen LogP contribution is 2.25. The summed E-state index contributed by atoms with van der Waals surface area (Å²) >= 11 is 6.25. The van der Waals surface area contributed by atoms with Crippen molar-refractivity contribution >= 4 is 17.2 Å². The van der Waals surface area contributed by atoms with E-state index in [2.05, 4.69) is 45.8 Å². The molecule has 2 aromatic heterocycles. The summed E-state index contributed by atoms with van der Waals surface area (Å²) in [6.45, 7) is 2.92. The van der Waals surface area contributed by atoms with Gasteiger partial charge in [-0.25, -0.2) is 4.98 Å². The first-order valence-electron chi connectivity index (χ1n) is 7.22. The zero-order valence-corrected chi connectivity index (χ0v) is 12.4. The largest absolute Gasteiger partial charge is 0.302 e. The molecule has 0 saturated carbocycles. The summed E-state index contributed by atoms with van der Waals surface area (Å²) < 4.78 is 2.14. The molecule has 0 bridgehead atoms. The molecular weight excluding hydrogens is 282 g/mol. The number of fused-ring (bicyclic) bond motifs is 3. The zero-order chi connectivity index (χ0) is 14.2. The molecule has 1 aliphatic heterocycles. The Kier molecular flexibility index (Phi) is 3.17. The van der Waals surface area contributed by atoms with Crippen molar-refractivity contribution in [2.75, 3.05) is 6.54 Å². The van der Waals surface area contributed by atoms with E-state index in [9.17, 15) is 0 Å². The second-order valence-corrected chi connectivity index (χ2v) is 5.91. The normalized spacial score (nSPS) is 15.3. The quantitative estimate of drug-likeness (QED) is 0.721. The third-order valence-corrected chi connectivity index (χ3v) is 4.37. The van der Waals surface area contributed by atoms with Crippen LogP contribution in [-0.2, 0) is 19.5 Å². The van der Waals surface area contributed by atoms with E-state index in [0.29, 0.717) is 0 Å². The smallest absolute Gasteiger partial charge is 0.156 e. The Morgan fingerprint density at radius 2 is 1.95 bits per heavy atom. The summed E-state index contributed by atoms with van der Waals surface area (Å²) in [4.78, 5) is 7.18. The molecule has 0 radical (unpaired) electrons. The lowest BCUT2D eigenvalue weighted by Crippen LogP contribution is -2.30. The molecule has 0 N–H and O–H groups in total. The molecular formula is C17H16ClN3. The minimum absolute atomic E-state index is 0.724. The number of aromatic nitrogens is 2. The summed E-state index contributed by atoms with van der Waals surface area (Å²) in [5, 5.41) is 0.724. The van der Waals surface area contributed by atoms with Gasteiger partial charge in [0.2, 0.25) is 0 Å². The maximum absolute atomic E-state index is 6.25. The minimum atomic E-state index is 0.724. The van der Waals surface area contributed by atoms with E-state index in [1.165, 1.54) is 11.3 Å². The van der Waals surface area contributed by atoms with Gasteiger partial charge in [0, 0.05) is 37.9 Å². The molecule has 4 rings (SSSR count). The number of imidazole rings is 1. The molecule has 1 aliphatic rings. The molecule has 0 saturated heterocycles. The lowest BCUT2D eigenvalue weighted by atomic mass is 10.1. The van der Waals surface area contributed by atoms with Crippen molar-refractivity contribution in [2.24, 2.45) is 0 Å². The van der Waals surface area contributed by atoms with Gasteiger partial charge in [-0.1, -0.05) is 41.9 Å². The third kappa shape index (κ3) is 2.33. The van der Waals surface area contributed by atoms with Crippen molar-refractivity contribution in [3.63, 3.8) is 0 Å². The Morgan fingerprint density at radius 3 is 2.81 bits per heavy atom. The second kappa shape index (κ2) is 5.17. The van der Waals surface area contributed by atoms with Gasteiger partial charge in [-0.15, -0.1) is 0 Å². The average Bonchev–Trinajstić information content (AvgIpc) is 2.88. The first kappa shape index (κ1) is 12.9. The van der Waals surface area contributed by atoms with Crippen molar-refractivity contribution in [1.82, 2.24) is 14.3 Å². The van der Waals surface area contributed by atoms with E-state index in [-0.39, 0.29) is 0 Å². The van der Waals surface area contributed by atoms with Gasteiger partial charge < -0.3 is 4.40 Å². The SMILES string of the molecule is Clc1cccn2c3c(nc12)CN(Cc1ccccc1)CC3. The number of hydrogen-bond donors (Lipinski definition) is 0. The van der Waals surface area contributed by atoms with Crippen molar-refractivity contribution < 1.29 is 0 Å². The van der Waals surface area contributed by atoms with Crippen molar-refractivity contribution in [1.29, 1.82) is 0 Å². The Hall–Kier alpha value is -1.84. The van der Waals surface area contributed by atoms with E-state index < -0.39 is 0 Å². The molecule has 3 heterocycles. The number of nitrogens with zero attached hydrogens (tertiary/aromatic N) is 3. The number of hydrogen-bond acceptors (Lipinski definition) is 2. The van der Waals surface area contributed by atoms with Gasteiger partial charge in [-0.3, -0.25) is 4.90 Å². The van der Waals surface area contributed by atoms with Crippen LogP contribution in [0, 0.1) is 0 Å². The van der Waals surface area contributed by atoms with Gasteiger partial charge in [-0.2, -0.15) is 0 Å². The van der Waals surface area contributed by atoms with Gasteiger partial charge in [-0.05, 0) is 17.7 Å². The number of halogens is 1. The number of rotatable bonds is 2.